The second kappa shape index (κ2) is 20.7. The van der Waals surface area contributed by atoms with Crippen LogP contribution in [-0.2, 0) is 42.7 Å². The molecule has 9 aliphatic rings. The predicted molar refractivity (Wildman–Crippen MR) is 257 cm³/mol. The fourth-order valence-corrected chi connectivity index (χ4v) is 16.4. The van der Waals surface area contributed by atoms with E-state index in [0.29, 0.717) is 38.5 Å². The topological polar surface area (TPSA) is 354 Å². The standard InChI is InChI=1S/C53H86O22/c1-22-11-16-53(47(66)75-44-39(65)36(62)33(59)26(19-54)70-44)18-17-50(6)24(42(53)52(22,8)67)9-10-29-49(5)14-13-30(48(3,4)28(49)12-15-51(29,50)7)72-45-40(32(58)25(56)21-68-45)74-46-41(37(63)34(60)27(20-55)71-46)73-43-38(64)35(61)31(57)23(2)69-43/h9,22-23,25-46,54-65,67H,10-21H2,1-8H3/t22-,23-,25+,26+,27+,28-,29+,30-,31-,32-,33+,34+,35+,36-,37-,38+,39+,40+,41+,42-,43-,44-,45-,46-,49-,50+,51+,52+,53-/m0/s1. The van der Waals surface area contributed by atoms with Gasteiger partial charge in [0.1, 0.15) is 85.5 Å². The van der Waals surface area contributed by atoms with Crippen molar-refractivity contribution in [3.8, 4) is 0 Å². The minimum Gasteiger partial charge on any atom is -0.432 e. The predicted octanol–water partition coefficient (Wildman–Crippen LogP) is -1.40. The maximum absolute atomic E-state index is 14.8. The van der Waals surface area contributed by atoms with Crippen molar-refractivity contribution in [1.29, 1.82) is 0 Å². The van der Waals surface area contributed by atoms with Crippen molar-refractivity contribution < 1.29 is 109 Å². The molecule has 22 nitrogen and oxygen atoms in total. The van der Waals surface area contributed by atoms with E-state index in [0.717, 1.165) is 24.8 Å². The Morgan fingerprint density at radius 2 is 1.21 bits per heavy atom. The Balaban J connectivity index is 0.958. The zero-order chi connectivity index (χ0) is 54.9. The highest BCUT2D eigenvalue weighted by atomic mass is 16.8. The van der Waals surface area contributed by atoms with Gasteiger partial charge in [-0.05, 0) is 111 Å². The van der Waals surface area contributed by atoms with Crippen LogP contribution >= 0.6 is 0 Å². The first-order valence-electron chi connectivity index (χ1n) is 27.3. The lowest BCUT2D eigenvalue weighted by Gasteiger charge is -2.72. The smallest absolute Gasteiger partial charge is 0.315 e. The van der Waals surface area contributed by atoms with E-state index < -0.39 is 170 Å². The zero-order valence-corrected chi connectivity index (χ0v) is 44.4. The molecule has 22 heteroatoms. The minimum absolute atomic E-state index is 0.0902. The normalized spacial score (nSPS) is 55.8. The molecule has 13 N–H and O–H groups in total. The fraction of sp³-hybridized carbons (Fsp3) is 0.943. The van der Waals surface area contributed by atoms with Crippen molar-refractivity contribution in [3.05, 3.63) is 11.6 Å². The number of fused-ring (bicyclic) bond motifs is 7. The van der Waals surface area contributed by atoms with Gasteiger partial charge in [-0.1, -0.05) is 53.2 Å². The summed E-state index contributed by atoms with van der Waals surface area (Å²) in [6.45, 7) is 14.8. The lowest BCUT2D eigenvalue weighted by Crippen LogP contribution is -2.68. The number of carbonyl (C=O) groups is 1. The third-order valence-electron chi connectivity index (χ3n) is 21.4. The number of ether oxygens (including phenoxy) is 8. The van der Waals surface area contributed by atoms with Crippen LogP contribution in [0, 0.1) is 50.7 Å². The van der Waals surface area contributed by atoms with Gasteiger partial charge in [-0.25, -0.2) is 0 Å². The van der Waals surface area contributed by atoms with Crippen molar-refractivity contribution in [2.45, 2.75) is 242 Å². The van der Waals surface area contributed by atoms with Crippen molar-refractivity contribution in [2.75, 3.05) is 19.8 Å². The number of aliphatic hydroxyl groups excluding tert-OH is 12. The summed E-state index contributed by atoms with van der Waals surface area (Å²) in [5.41, 5.74) is -3.08. The van der Waals surface area contributed by atoms with Crippen LogP contribution in [0.5, 0.6) is 0 Å². The van der Waals surface area contributed by atoms with Crippen LogP contribution in [0.4, 0.5) is 0 Å². The van der Waals surface area contributed by atoms with Crippen LogP contribution in [0.15, 0.2) is 11.6 Å². The molecule has 0 unspecified atom stereocenters. The summed E-state index contributed by atoms with van der Waals surface area (Å²) in [4.78, 5) is 14.8. The van der Waals surface area contributed by atoms with Crippen LogP contribution in [0.1, 0.15) is 113 Å². The number of aliphatic hydroxyl groups is 13. The van der Waals surface area contributed by atoms with Crippen molar-refractivity contribution in [1.82, 2.24) is 0 Å². The molecule has 8 fully saturated rings. The van der Waals surface area contributed by atoms with Gasteiger partial charge in [-0.2, -0.15) is 0 Å². The molecular weight excluding hydrogens is 989 g/mol. The number of hydrogen-bond donors (Lipinski definition) is 13. The highest BCUT2D eigenvalue weighted by Gasteiger charge is 2.72. The average Bonchev–Trinajstić information content (AvgIpc) is 3.38. The lowest BCUT2D eigenvalue weighted by atomic mass is 9.33. The van der Waals surface area contributed by atoms with Gasteiger partial charge in [0.25, 0.3) is 0 Å². The Labute approximate surface area is 437 Å². The summed E-state index contributed by atoms with van der Waals surface area (Å²) in [6.07, 6.45) is -22.7. The molecule has 5 aliphatic carbocycles. The first-order chi connectivity index (χ1) is 35.0. The van der Waals surface area contributed by atoms with Crippen molar-refractivity contribution in [2.24, 2.45) is 50.7 Å². The quantitative estimate of drug-likeness (QED) is 0.0680. The van der Waals surface area contributed by atoms with Gasteiger partial charge >= 0.3 is 5.97 Å². The van der Waals surface area contributed by atoms with Crippen molar-refractivity contribution in [3.63, 3.8) is 0 Å². The van der Waals surface area contributed by atoms with Crippen LogP contribution in [0.3, 0.4) is 0 Å². The number of rotatable bonds is 10. The highest BCUT2D eigenvalue weighted by Crippen LogP contribution is 2.76. The zero-order valence-electron chi connectivity index (χ0n) is 44.4. The van der Waals surface area contributed by atoms with E-state index in [1.54, 1.807) is 6.92 Å². The van der Waals surface area contributed by atoms with Gasteiger partial charge in [0.05, 0.1) is 43.0 Å². The molecule has 4 aliphatic heterocycles. The van der Waals surface area contributed by atoms with Gasteiger partial charge < -0.3 is 104 Å². The second-order valence-corrected chi connectivity index (χ2v) is 25.5. The second-order valence-electron chi connectivity index (χ2n) is 25.5. The summed E-state index contributed by atoms with van der Waals surface area (Å²) < 4.78 is 48.4. The summed E-state index contributed by atoms with van der Waals surface area (Å²) in [6, 6.07) is 0. The maximum Gasteiger partial charge on any atom is 0.315 e. The Kier molecular flexibility index (Phi) is 16.1. The molecule has 29 atom stereocenters. The number of esters is 1. The average molecular weight is 1080 g/mol. The number of hydrogen-bond acceptors (Lipinski definition) is 22. The van der Waals surface area contributed by atoms with Gasteiger partial charge in [0, 0.05) is 5.92 Å². The first kappa shape index (κ1) is 58.1. The van der Waals surface area contributed by atoms with Crippen molar-refractivity contribution >= 4 is 5.97 Å². The molecule has 4 saturated carbocycles. The van der Waals surface area contributed by atoms with E-state index in [4.69, 9.17) is 37.9 Å². The Morgan fingerprint density at radius 3 is 1.88 bits per heavy atom. The number of allylic oxidation sites excluding steroid dienone is 1. The molecule has 4 heterocycles. The molecule has 0 aromatic carbocycles. The Bertz CT molecular complexity index is 2080. The van der Waals surface area contributed by atoms with Crippen LogP contribution in [-0.4, -0.2) is 221 Å². The molecule has 430 valence electrons. The molecule has 0 radical (unpaired) electrons. The third-order valence-corrected chi connectivity index (χ3v) is 21.4. The third kappa shape index (κ3) is 9.12. The first-order valence-corrected chi connectivity index (χ1v) is 27.3. The minimum atomic E-state index is -1.83. The molecule has 0 bridgehead atoms. The van der Waals surface area contributed by atoms with E-state index in [1.165, 1.54) is 6.92 Å². The monoisotopic (exact) mass is 1070 g/mol. The van der Waals surface area contributed by atoms with Crippen LogP contribution < -0.4 is 0 Å². The van der Waals surface area contributed by atoms with Gasteiger partial charge in [0.15, 0.2) is 18.9 Å². The van der Waals surface area contributed by atoms with E-state index in [-0.39, 0.29) is 35.2 Å². The highest BCUT2D eigenvalue weighted by molar-refractivity contribution is 5.79. The fourth-order valence-electron chi connectivity index (χ4n) is 16.4. The maximum atomic E-state index is 14.8. The lowest BCUT2D eigenvalue weighted by molar-refractivity contribution is -0.392. The largest absolute Gasteiger partial charge is 0.432 e. The van der Waals surface area contributed by atoms with E-state index in [1.807, 2.05) is 6.92 Å². The van der Waals surface area contributed by atoms with E-state index in [9.17, 15) is 71.2 Å². The summed E-state index contributed by atoms with van der Waals surface area (Å²) in [5, 5.41) is 141. The van der Waals surface area contributed by atoms with Gasteiger partial charge in [-0.15, -0.1) is 0 Å². The molecule has 0 aromatic heterocycles. The molecule has 9 rings (SSSR count). The SMILES string of the molecule is C[C@@H]1O[C@@H](O[C@H]2[C@H](O[C@H]3[C@H](O[C@H]4CC[C@]5(C)[C@H]6CC=C7[C@@H]8[C@](C(=O)O[C@@H]9O[C@H](CO)[C@@H](O)[C@H](O)[C@H]9O)(CC[C@H](C)[C@@]8(C)O)CC[C@@]7(C)[C@]6(C)CC[C@H]5C4(C)C)OC[C@@H](O)[C@@H]3O)O[C@H](CO)[C@@H](O)[C@@H]2O)[C@H](O)[C@H](O)[C@H]1O. The molecule has 75 heavy (non-hydrogen) atoms. The Hall–Kier alpha value is -1.59. The molecule has 4 saturated heterocycles. The molecule has 0 spiro atoms. The summed E-state index contributed by atoms with van der Waals surface area (Å²) >= 11 is 0. The van der Waals surface area contributed by atoms with Gasteiger partial charge in [-0.3, -0.25) is 4.79 Å². The van der Waals surface area contributed by atoms with Gasteiger partial charge in [0.2, 0.25) is 6.29 Å². The summed E-state index contributed by atoms with van der Waals surface area (Å²) in [5.74, 6) is -1.26. The van der Waals surface area contributed by atoms with Crippen LogP contribution in [0.25, 0.3) is 0 Å². The van der Waals surface area contributed by atoms with E-state index >= 15 is 0 Å². The molecule has 0 amide bonds. The molecular formula is C53H86O22. The van der Waals surface area contributed by atoms with E-state index in [2.05, 4.69) is 40.7 Å². The number of carbonyl (C=O) groups excluding carboxylic acids is 1. The van der Waals surface area contributed by atoms with Crippen LogP contribution in [0.2, 0.25) is 0 Å². The molecule has 0 aromatic rings. The Morgan fingerprint density at radius 1 is 0.613 bits per heavy atom. The summed E-state index contributed by atoms with van der Waals surface area (Å²) in [7, 11) is 0.